The second-order valence-corrected chi connectivity index (χ2v) is 10.2. The van der Waals surface area contributed by atoms with Crippen molar-refractivity contribution in [3.05, 3.63) is 100 Å². The molecule has 0 spiro atoms. The number of rotatable bonds is 9. The van der Waals surface area contributed by atoms with Crippen molar-refractivity contribution in [1.29, 1.82) is 5.26 Å². The highest BCUT2D eigenvalue weighted by Crippen LogP contribution is 2.42. The number of alkyl halides is 6. The van der Waals surface area contributed by atoms with E-state index in [1.807, 2.05) is 6.07 Å². The molecule has 0 heterocycles. The van der Waals surface area contributed by atoms with E-state index < -0.39 is 48.6 Å². The molecule has 252 valence electrons. The van der Waals surface area contributed by atoms with Gasteiger partial charge < -0.3 is 24.4 Å². The normalized spacial score (nSPS) is 11.1. The molecule has 0 saturated heterocycles. The van der Waals surface area contributed by atoms with E-state index in [0.29, 0.717) is 16.1 Å². The van der Waals surface area contributed by atoms with Gasteiger partial charge in [0.05, 0.1) is 29.9 Å². The number of hydrogen-bond acceptors (Lipinski definition) is 6. The average Bonchev–Trinajstić information content (AvgIpc) is 3.01. The van der Waals surface area contributed by atoms with Crippen LogP contribution in [0.2, 0.25) is 5.02 Å². The van der Waals surface area contributed by atoms with Crippen LogP contribution in [0.25, 0.3) is 22.3 Å². The van der Waals surface area contributed by atoms with Gasteiger partial charge in [-0.15, -0.1) is 0 Å². The number of carboxylic acid groups (broad SMARTS) is 2. The van der Waals surface area contributed by atoms with Crippen LogP contribution in [0.4, 0.5) is 26.3 Å². The fraction of sp³-hybridized carbons (Fsp3) is 0.182. The third-order valence-electron chi connectivity index (χ3n) is 6.41. The van der Waals surface area contributed by atoms with Crippen molar-refractivity contribution in [1.82, 2.24) is 0 Å². The molecule has 0 radical (unpaired) electrons. The monoisotopic (exact) mass is 695 g/mol. The predicted molar refractivity (Wildman–Crippen MR) is 161 cm³/mol. The molecule has 0 aliphatic carbocycles. The van der Waals surface area contributed by atoms with Gasteiger partial charge in [-0.05, 0) is 84.8 Å². The number of aliphatic carboxylic acids is 2. The van der Waals surface area contributed by atoms with Crippen LogP contribution >= 0.6 is 11.6 Å². The van der Waals surface area contributed by atoms with Gasteiger partial charge in [0, 0.05) is 21.7 Å². The number of ether oxygens (including phenoxy) is 3. The highest BCUT2D eigenvalue weighted by molar-refractivity contribution is 6.30. The maximum absolute atomic E-state index is 13.0. The summed E-state index contributed by atoms with van der Waals surface area (Å²) in [5.74, 6) is -2.28. The number of benzene rings is 4. The van der Waals surface area contributed by atoms with Gasteiger partial charge >= 0.3 is 24.3 Å². The van der Waals surface area contributed by atoms with Gasteiger partial charge in [-0.1, -0.05) is 17.7 Å². The number of hydrogen-bond donors (Lipinski definition) is 2. The molecule has 0 atom stereocenters. The Labute approximate surface area is 274 Å². The van der Waals surface area contributed by atoms with Crippen molar-refractivity contribution in [3.8, 4) is 45.6 Å². The largest absolute Gasteiger partial charge is 0.496 e. The van der Waals surface area contributed by atoms with Crippen LogP contribution in [0.3, 0.4) is 0 Å². The third kappa shape index (κ3) is 9.79. The Morgan fingerprint density at radius 1 is 0.708 bits per heavy atom. The molecular weight excluding hydrogens is 672 g/mol. The van der Waals surface area contributed by atoms with E-state index in [2.05, 4.69) is 0 Å². The minimum absolute atomic E-state index is 0.0231. The lowest BCUT2D eigenvalue weighted by Gasteiger charge is -2.16. The van der Waals surface area contributed by atoms with Gasteiger partial charge in [0.15, 0.2) is 13.2 Å². The van der Waals surface area contributed by atoms with Gasteiger partial charge in [0.25, 0.3) is 0 Å². The van der Waals surface area contributed by atoms with E-state index in [0.717, 1.165) is 36.4 Å². The molecule has 0 bridgehead atoms. The number of carboxylic acids is 2. The van der Waals surface area contributed by atoms with Crippen molar-refractivity contribution in [2.24, 2.45) is 0 Å². The van der Waals surface area contributed by atoms with Gasteiger partial charge in [-0.25, -0.2) is 9.59 Å². The zero-order chi connectivity index (χ0) is 35.8. The fourth-order valence-corrected chi connectivity index (χ4v) is 4.51. The van der Waals surface area contributed by atoms with E-state index in [4.69, 9.17) is 41.3 Å². The number of aryl methyl sites for hydroxylation is 1. The standard InChI is InChI=1S/C17H12F3NO4.C16H12ClF3O3/c1-24-14-4-2-10(8-21)6-12(14)13-7-11(17(18,19)20)3-5-15(13)25-9-16(22)23;1-9-6-11(17)3-4-12(9)13-7-10(16(18,19)20)2-5-14(13)23-8-15(21)22/h2-7H,9H2,1H3,(H,22,23);2-7H,8H2,1H3,(H,21,22). The third-order valence-corrected chi connectivity index (χ3v) is 6.65. The summed E-state index contributed by atoms with van der Waals surface area (Å²) >= 11 is 5.86. The molecule has 8 nitrogen and oxygen atoms in total. The maximum Gasteiger partial charge on any atom is 0.416 e. The fourth-order valence-electron chi connectivity index (χ4n) is 4.28. The topological polar surface area (TPSA) is 126 Å². The predicted octanol–water partition coefficient (Wildman–Crippen LogP) is 8.51. The first-order chi connectivity index (χ1) is 22.4. The van der Waals surface area contributed by atoms with Gasteiger partial charge in [0.1, 0.15) is 17.2 Å². The van der Waals surface area contributed by atoms with Crippen molar-refractivity contribution in [2.75, 3.05) is 20.3 Å². The summed E-state index contributed by atoms with van der Waals surface area (Å²) in [6, 6.07) is 16.4. The smallest absolute Gasteiger partial charge is 0.416 e. The molecule has 0 amide bonds. The zero-order valence-electron chi connectivity index (χ0n) is 24.9. The Kier molecular flexibility index (Phi) is 11.9. The summed E-state index contributed by atoms with van der Waals surface area (Å²) in [7, 11) is 1.33. The minimum Gasteiger partial charge on any atom is -0.496 e. The van der Waals surface area contributed by atoms with E-state index in [9.17, 15) is 35.9 Å². The lowest BCUT2D eigenvalue weighted by molar-refractivity contribution is -0.140. The van der Waals surface area contributed by atoms with Crippen molar-refractivity contribution in [2.45, 2.75) is 19.3 Å². The van der Waals surface area contributed by atoms with Crippen molar-refractivity contribution in [3.63, 3.8) is 0 Å². The summed E-state index contributed by atoms with van der Waals surface area (Å²) in [4.78, 5) is 21.3. The number of nitrogens with zero attached hydrogens (tertiary/aromatic N) is 1. The second kappa shape index (κ2) is 15.4. The zero-order valence-corrected chi connectivity index (χ0v) is 25.6. The van der Waals surface area contributed by atoms with E-state index in [1.165, 1.54) is 25.3 Å². The number of nitriles is 1. The molecular formula is C33H24ClF6NO7. The summed E-state index contributed by atoms with van der Waals surface area (Å²) in [6.45, 7) is 0.325. The Hall–Kier alpha value is -5.42. The van der Waals surface area contributed by atoms with E-state index >= 15 is 0 Å². The second-order valence-electron chi connectivity index (χ2n) is 9.77. The highest BCUT2D eigenvalue weighted by Gasteiger charge is 2.33. The summed E-state index contributed by atoms with van der Waals surface area (Å²) in [6.07, 6.45) is -9.11. The summed E-state index contributed by atoms with van der Waals surface area (Å²) in [5.41, 5.74) is -0.109. The van der Waals surface area contributed by atoms with Crippen LogP contribution in [-0.2, 0) is 21.9 Å². The van der Waals surface area contributed by atoms with Crippen molar-refractivity contribution < 1.29 is 60.4 Å². The first kappa shape index (κ1) is 37.0. The van der Waals surface area contributed by atoms with Crippen LogP contribution in [0, 0.1) is 18.3 Å². The molecule has 0 aliphatic heterocycles. The van der Waals surface area contributed by atoms with Gasteiger partial charge in [-0.3, -0.25) is 0 Å². The molecule has 0 unspecified atom stereocenters. The van der Waals surface area contributed by atoms with Gasteiger partial charge in [-0.2, -0.15) is 31.6 Å². The Morgan fingerprint density at radius 3 is 1.58 bits per heavy atom. The van der Waals surface area contributed by atoms with E-state index in [1.54, 1.807) is 25.1 Å². The molecule has 0 aliphatic rings. The minimum atomic E-state index is -4.60. The van der Waals surface area contributed by atoms with Crippen LogP contribution in [-0.4, -0.2) is 42.5 Å². The lowest BCUT2D eigenvalue weighted by Crippen LogP contribution is -2.11. The molecule has 0 saturated carbocycles. The molecule has 48 heavy (non-hydrogen) atoms. The first-order valence-corrected chi connectivity index (χ1v) is 13.8. The summed E-state index contributed by atoms with van der Waals surface area (Å²) in [5, 5.41) is 26.9. The SMILES string of the molecule is COc1ccc(C#N)cc1-c1cc(C(F)(F)F)ccc1OCC(=O)O.Cc1cc(Cl)ccc1-c1cc(C(F)(F)F)ccc1OCC(=O)O. The number of halogens is 7. The molecule has 4 aromatic carbocycles. The average molecular weight is 696 g/mol. The van der Waals surface area contributed by atoms with Crippen molar-refractivity contribution >= 4 is 23.5 Å². The highest BCUT2D eigenvalue weighted by atomic mass is 35.5. The molecule has 2 N–H and O–H groups in total. The Balaban J connectivity index is 0.000000261. The van der Waals surface area contributed by atoms with Crippen LogP contribution in [0.1, 0.15) is 22.3 Å². The number of methoxy groups -OCH3 is 1. The lowest BCUT2D eigenvalue weighted by atomic mass is 9.97. The number of carbonyl (C=O) groups is 2. The molecule has 15 heteroatoms. The molecule has 4 rings (SSSR count). The summed E-state index contributed by atoms with van der Waals surface area (Å²) < 4.78 is 93.3. The molecule has 4 aromatic rings. The Bertz CT molecular complexity index is 1850. The van der Waals surface area contributed by atoms with E-state index in [-0.39, 0.29) is 39.5 Å². The first-order valence-electron chi connectivity index (χ1n) is 13.4. The maximum atomic E-state index is 13.0. The quantitative estimate of drug-likeness (QED) is 0.167. The molecule has 0 aromatic heterocycles. The van der Waals surface area contributed by atoms with Crippen LogP contribution in [0.15, 0.2) is 72.8 Å². The van der Waals surface area contributed by atoms with Gasteiger partial charge in [0.2, 0.25) is 0 Å². The van der Waals surface area contributed by atoms with Crippen LogP contribution in [0.5, 0.6) is 17.2 Å². The van der Waals surface area contributed by atoms with Crippen LogP contribution < -0.4 is 14.2 Å². The molecule has 0 fully saturated rings. The Morgan fingerprint density at radius 2 is 1.17 bits per heavy atom.